The van der Waals surface area contributed by atoms with Gasteiger partial charge in [0.2, 0.25) is 11.6 Å². The quantitative estimate of drug-likeness (QED) is 0.584. The van der Waals surface area contributed by atoms with Crippen LogP contribution in [0.2, 0.25) is 0 Å². The van der Waals surface area contributed by atoms with Crippen molar-refractivity contribution in [2.24, 2.45) is 5.73 Å². The van der Waals surface area contributed by atoms with E-state index in [-0.39, 0.29) is 41.9 Å². The van der Waals surface area contributed by atoms with Gasteiger partial charge in [0, 0.05) is 0 Å². The number of rotatable bonds is 8. The van der Waals surface area contributed by atoms with Crippen molar-refractivity contribution >= 4 is 23.0 Å². The number of oxazole rings is 1. The molecule has 0 spiro atoms. The number of fused-ring (bicyclic) bond motifs is 1. The average Bonchev–Trinajstić information content (AvgIpc) is 3.12. The van der Waals surface area contributed by atoms with Crippen molar-refractivity contribution in [2.45, 2.75) is 6.61 Å². The molecule has 9 heteroatoms. The number of aromatic nitrogens is 1. The molecule has 1 aromatic heterocycles. The standard InChI is InChI=1S/C19H18N2O7/c1-24-14-7-11(8-15(25-2)18(14)26-9-16(20)22)19(23)27-10-17-21-12-5-3-4-6-13(12)28-17/h3-8H,9-10H2,1-2H3,(H2,20,22). The Labute approximate surface area is 159 Å². The Morgan fingerprint density at radius 2 is 1.79 bits per heavy atom. The highest BCUT2D eigenvalue weighted by molar-refractivity contribution is 5.91. The molecule has 0 atom stereocenters. The van der Waals surface area contributed by atoms with Crippen LogP contribution in [0.3, 0.4) is 0 Å². The van der Waals surface area contributed by atoms with E-state index in [4.69, 9.17) is 29.1 Å². The monoisotopic (exact) mass is 386 g/mol. The first kappa shape index (κ1) is 19.0. The third-order valence-electron chi connectivity index (χ3n) is 3.72. The Balaban J connectivity index is 1.77. The summed E-state index contributed by atoms with van der Waals surface area (Å²) in [5.41, 5.74) is 6.53. The zero-order chi connectivity index (χ0) is 20.1. The maximum absolute atomic E-state index is 12.4. The molecule has 9 nitrogen and oxygen atoms in total. The van der Waals surface area contributed by atoms with E-state index in [1.165, 1.54) is 26.4 Å². The summed E-state index contributed by atoms with van der Waals surface area (Å²) in [4.78, 5) is 27.6. The molecule has 0 unspecified atom stereocenters. The molecule has 0 radical (unpaired) electrons. The van der Waals surface area contributed by atoms with Gasteiger partial charge in [-0.15, -0.1) is 0 Å². The van der Waals surface area contributed by atoms with E-state index in [1.807, 2.05) is 12.1 Å². The first-order chi connectivity index (χ1) is 13.5. The smallest absolute Gasteiger partial charge is 0.338 e. The Hall–Kier alpha value is -3.75. The lowest BCUT2D eigenvalue weighted by Crippen LogP contribution is -2.20. The molecule has 0 fully saturated rings. The van der Waals surface area contributed by atoms with Crippen LogP contribution in [0.5, 0.6) is 17.2 Å². The van der Waals surface area contributed by atoms with E-state index in [0.29, 0.717) is 11.1 Å². The lowest BCUT2D eigenvalue weighted by molar-refractivity contribution is -0.120. The van der Waals surface area contributed by atoms with E-state index < -0.39 is 11.9 Å². The number of para-hydroxylation sites is 2. The number of amides is 1. The number of hydrogen-bond acceptors (Lipinski definition) is 8. The fourth-order valence-electron chi connectivity index (χ4n) is 2.48. The van der Waals surface area contributed by atoms with Gasteiger partial charge in [-0.1, -0.05) is 12.1 Å². The van der Waals surface area contributed by atoms with Crippen molar-refractivity contribution < 1.29 is 33.0 Å². The summed E-state index contributed by atoms with van der Waals surface area (Å²) in [6, 6.07) is 10.0. The van der Waals surface area contributed by atoms with Gasteiger partial charge in [-0.05, 0) is 24.3 Å². The fraction of sp³-hybridized carbons (Fsp3) is 0.211. The van der Waals surface area contributed by atoms with Crippen LogP contribution < -0.4 is 19.9 Å². The average molecular weight is 386 g/mol. The second-order valence-corrected chi connectivity index (χ2v) is 5.62. The molecule has 2 aromatic carbocycles. The normalized spacial score (nSPS) is 10.5. The Kier molecular flexibility index (Phi) is 5.64. The summed E-state index contributed by atoms with van der Waals surface area (Å²) in [5.74, 6) is -0.496. The van der Waals surface area contributed by atoms with Crippen LogP contribution in [-0.2, 0) is 16.1 Å². The largest absolute Gasteiger partial charge is 0.493 e. The molecule has 0 aliphatic carbocycles. The predicted octanol–water partition coefficient (Wildman–Crippen LogP) is 2.07. The van der Waals surface area contributed by atoms with Gasteiger partial charge in [0.15, 0.2) is 30.3 Å². The zero-order valence-electron chi connectivity index (χ0n) is 15.3. The number of methoxy groups -OCH3 is 2. The first-order valence-corrected chi connectivity index (χ1v) is 8.20. The molecule has 1 amide bonds. The summed E-state index contributed by atoms with van der Waals surface area (Å²) in [7, 11) is 2.78. The van der Waals surface area contributed by atoms with Crippen LogP contribution in [0.1, 0.15) is 16.2 Å². The SMILES string of the molecule is COc1cc(C(=O)OCc2nc3ccccc3o2)cc(OC)c1OCC(N)=O. The molecule has 28 heavy (non-hydrogen) atoms. The Morgan fingerprint density at radius 3 is 2.39 bits per heavy atom. The third kappa shape index (κ3) is 4.14. The molecule has 2 N–H and O–H groups in total. The molecule has 0 saturated heterocycles. The number of carbonyl (C=O) groups excluding carboxylic acids is 2. The Morgan fingerprint density at radius 1 is 1.11 bits per heavy atom. The molecule has 0 aliphatic heterocycles. The summed E-state index contributed by atoms with van der Waals surface area (Å²) in [6.07, 6.45) is 0. The third-order valence-corrected chi connectivity index (χ3v) is 3.72. The minimum absolute atomic E-state index is 0.141. The van der Waals surface area contributed by atoms with E-state index in [9.17, 15) is 9.59 Å². The van der Waals surface area contributed by atoms with Crippen molar-refractivity contribution in [3.8, 4) is 17.2 Å². The highest BCUT2D eigenvalue weighted by Crippen LogP contribution is 2.38. The van der Waals surface area contributed by atoms with Crippen molar-refractivity contribution in [3.63, 3.8) is 0 Å². The minimum atomic E-state index is -0.661. The van der Waals surface area contributed by atoms with Gasteiger partial charge in [-0.2, -0.15) is 0 Å². The fourth-order valence-corrected chi connectivity index (χ4v) is 2.48. The van der Waals surface area contributed by atoms with Crippen molar-refractivity contribution in [3.05, 3.63) is 47.9 Å². The second kappa shape index (κ2) is 8.30. The van der Waals surface area contributed by atoms with E-state index >= 15 is 0 Å². The number of benzene rings is 2. The van der Waals surface area contributed by atoms with E-state index in [0.717, 1.165) is 0 Å². The molecule has 146 valence electrons. The van der Waals surface area contributed by atoms with E-state index in [2.05, 4.69) is 4.98 Å². The van der Waals surface area contributed by atoms with Crippen LogP contribution in [0.15, 0.2) is 40.8 Å². The molecular formula is C19H18N2O7. The molecule has 0 aliphatic rings. The summed E-state index contributed by atoms with van der Waals surface area (Å²) in [5, 5.41) is 0. The van der Waals surface area contributed by atoms with Crippen molar-refractivity contribution in [1.82, 2.24) is 4.98 Å². The lowest BCUT2D eigenvalue weighted by Gasteiger charge is -2.15. The first-order valence-electron chi connectivity index (χ1n) is 8.20. The van der Waals surface area contributed by atoms with Gasteiger partial charge >= 0.3 is 5.97 Å². The maximum atomic E-state index is 12.4. The molecule has 3 rings (SSSR count). The van der Waals surface area contributed by atoms with Gasteiger partial charge in [0.25, 0.3) is 5.91 Å². The minimum Gasteiger partial charge on any atom is -0.493 e. The van der Waals surface area contributed by atoms with Gasteiger partial charge in [0.05, 0.1) is 19.8 Å². The van der Waals surface area contributed by atoms with Crippen LogP contribution >= 0.6 is 0 Å². The van der Waals surface area contributed by atoms with Crippen molar-refractivity contribution in [1.29, 1.82) is 0 Å². The number of esters is 1. The maximum Gasteiger partial charge on any atom is 0.338 e. The number of nitrogens with two attached hydrogens (primary N) is 1. The van der Waals surface area contributed by atoms with Gasteiger partial charge in [0.1, 0.15) is 5.52 Å². The predicted molar refractivity (Wildman–Crippen MR) is 97.4 cm³/mol. The molecule has 1 heterocycles. The lowest BCUT2D eigenvalue weighted by atomic mass is 10.2. The van der Waals surface area contributed by atoms with Crippen LogP contribution in [0, 0.1) is 0 Å². The van der Waals surface area contributed by atoms with Gasteiger partial charge in [-0.3, -0.25) is 4.79 Å². The summed E-state index contributed by atoms with van der Waals surface area (Å²) < 4.78 is 26.5. The number of hydrogen-bond donors (Lipinski definition) is 1. The number of carbonyl (C=O) groups is 2. The summed E-state index contributed by atoms with van der Waals surface area (Å²) >= 11 is 0. The highest BCUT2D eigenvalue weighted by atomic mass is 16.5. The topological polar surface area (TPSA) is 123 Å². The highest BCUT2D eigenvalue weighted by Gasteiger charge is 2.20. The molecule has 0 saturated carbocycles. The molecule has 0 bridgehead atoms. The second-order valence-electron chi connectivity index (χ2n) is 5.62. The van der Waals surface area contributed by atoms with Crippen LogP contribution in [0.25, 0.3) is 11.1 Å². The number of primary amides is 1. The molecule has 3 aromatic rings. The van der Waals surface area contributed by atoms with Gasteiger partial charge in [-0.25, -0.2) is 9.78 Å². The summed E-state index contributed by atoms with van der Waals surface area (Å²) in [6.45, 7) is -0.508. The number of nitrogens with zero attached hydrogens (tertiary/aromatic N) is 1. The molecular weight excluding hydrogens is 368 g/mol. The van der Waals surface area contributed by atoms with Crippen LogP contribution in [-0.4, -0.2) is 37.7 Å². The van der Waals surface area contributed by atoms with Crippen LogP contribution in [0.4, 0.5) is 0 Å². The van der Waals surface area contributed by atoms with E-state index in [1.54, 1.807) is 12.1 Å². The number of ether oxygens (including phenoxy) is 4. The van der Waals surface area contributed by atoms with Crippen molar-refractivity contribution in [2.75, 3.05) is 20.8 Å². The Bertz CT molecular complexity index is 954. The van der Waals surface area contributed by atoms with Gasteiger partial charge < -0.3 is 29.1 Å². The zero-order valence-corrected chi connectivity index (χ0v) is 15.3.